The number of fused-ring (bicyclic) bond motifs is 1. The van der Waals surface area contributed by atoms with Crippen molar-refractivity contribution in [2.75, 3.05) is 7.05 Å². The fourth-order valence-electron chi connectivity index (χ4n) is 1.97. The number of amidine groups is 1. The van der Waals surface area contributed by atoms with E-state index >= 15 is 0 Å². The van der Waals surface area contributed by atoms with Gasteiger partial charge in [0.15, 0.2) is 0 Å². The predicted molar refractivity (Wildman–Crippen MR) is 59.6 cm³/mol. The van der Waals surface area contributed by atoms with Gasteiger partial charge in [0.25, 0.3) is 0 Å². The van der Waals surface area contributed by atoms with Gasteiger partial charge in [-0.05, 0) is 19.4 Å². The van der Waals surface area contributed by atoms with Crippen LogP contribution in [0.3, 0.4) is 0 Å². The van der Waals surface area contributed by atoms with Crippen LogP contribution in [0.2, 0.25) is 0 Å². The molecule has 2 nitrogen and oxygen atoms in total. The topological polar surface area (TPSA) is 15.6 Å². The summed E-state index contributed by atoms with van der Waals surface area (Å²) in [5.41, 5.74) is 2.69. The number of benzene rings is 1. The fourth-order valence-corrected chi connectivity index (χ4v) is 1.97. The molecule has 0 unspecified atom stereocenters. The highest BCUT2D eigenvalue weighted by Gasteiger charge is 2.25. The van der Waals surface area contributed by atoms with Gasteiger partial charge in [-0.15, -0.1) is 0 Å². The van der Waals surface area contributed by atoms with E-state index in [9.17, 15) is 0 Å². The maximum absolute atomic E-state index is 4.37. The Morgan fingerprint density at radius 3 is 2.64 bits per heavy atom. The molecule has 2 rings (SSSR count). The van der Waals surface area contributed by atoms with Gasteiger partial charge in [0, 0.05) is 25.2 Å². The molecular formula is C12H16N2. The van der Waals surface area contributed by atoms with Crippen LogP contribution in [0.1, 0.15) is 25.0 Å². The van der Waals surface area contributed by atoms with Crippen molar-refractivity contribution in [2.24, 2.45) is 4.99 Å². The Morgan fingerprint density at radius 1 is 1.29 bits per heavy atom. The summed E-state index contributed by atoms with van der Waals surface area (Å²) in [5, 5.41) is 0. The summed E-state index contributed by atoms with van der Waals surface area (Å²) in [5.74, 6) is 1.13. The number of hydrogen-bond donors (Lipinski definition) is 0. The Labute approximate surface area is 85.3 Å². The molecule has 0 amide bonds. The Morgan fingerprint density at radius 2 is 2.00 bits per heavy atom. The lowest BCUT2D eigenvalue weighted by Crippen LogP contribution is -2.31. The third kappa shape index (κ3) is 1.31. The lowest BCUT2D eigenvalue weighted by molar-refractivity contribution is 0.357. The summed E-state index contributed by atoms with van der Waals surface area (Å²) >= 11 is 0. The SMILES string of the molecule is CN=C1c2ccccc2CN1C(C)C. The van der Waals surface area contributed by atoms with Crippen LogP contribution < -0.4 is 0 Å². The minimum Gasteiger partial charge on any atom is -0.350 e. The molecule has 0 atom stereocenters. The van der Waals surface area contributed by atoms with Crippen LogP contribution in [0.5, 0.6) is 0 Å². The van der Waals surface area contributed by atoms with Crippen molar-refractivity contribution < 1.29 is 0 Å². The molecule has 0 spiro atoms. The summed E-state index contributed by atoms with van der Waals surface area (Å²) in [7, 11) is 1.87. The van der Waals surface area contributed by atoms with Crippen LogP contribution in [0.25, 0.3) is 0 Å². The van der Waals surface area contributed by atoms with E-state index in [0.717, 1.165) is 12.4 Å². The highest BCUT2D eigenvalue weighted by Crippen LogP contribution is 2.24. The minimum atomic E-state index is 0.515. The third-order valence-electron chi connectivity index (χ3n) is 2.71. The summed E-state index contributed by atoms with van der Waals surface area (Å²) in [4.78, 5) is 6.71. The van der Waals surface area contributed by atoms with Crippen molar-refractivity contribution in [2.45, 2.75) is 26.4 Å². The van der Waals surface area contributed by atoms with Gasteiger partial charge in [-0.3, -0.25) is 4.99 Å². The van der Waals surface area contributed by atoms with Crippen LogP contribution in [-0.4, -0.2) is 23.8 Å². The molecule has 1 aliphatic rings. The highest BCUT2D eigenvalue weighted by atomic mass is 15.2. The van der Waals surface area contributed by atoms with E-state index in [4.69, 9.17) is 0 Å². The first kappa shape index (κ1) is 9.25. The lowest BCUT2D eigenvalue weighted by atomic mass is 10.1. The molecular weight excluding hydrogens is 172 g/mol. The molecule has 0 bridgehead atoms. The lowest BCUT2D eigenvalue weighted by Gasteiger charge is -2.23. The van der Waals surface area contributed by atoms with Crippen LogP contribution >= 0.6 is 0 Å². The molecule has 0 aliphatic carbocycles. The molecule has 2 heteroatoms. The monoisotopic (exact) mass is 188 g/mol. The Balaban J connectivity index is 2.44. The van der Waals surface area contributed by atoms with Crippen molar-refractivity contribution >= 4 is 5.84 Å². The maximum atomic E-state index is 4.37. The van der Waals surface area contributed by atoms with Crippen molar-refractivity contribution in [1.29, 1.82) is 0 Å². The van der Waals surface area contributed by atoms with Crippen LogP contribution in [0.4, 0.5) is 0 Å². The molecule has 74 valence electrons. The number of hydrogen-bond acceptors (Lipinski definition) is 1. The first-order valence-corrected chi connectivity index (χ1v) is 5.05. The molecule has 0 N–H and O–H groups in total. The molecule has 1 aliphatic heterocycles. The molecule has 1 aromatic rings. The first-order chi connectivity index (χ1) is 6.74. The van der Waals surface area contributed by atoms with E-state index in [1.807, 2.05) is 7.05 Å². The predicted octanol–water partition coefficient (Wildman–Crippen LogP) is 2.29. The Kier molecular flexibility index (Phi) is 2.28. The minimum absolute atomic E-state index is 0.515. The zero-order chi connectivity index (χ0) is 10.1. The van der Waals surface area contributed by atoms with E-state index in [0.29, 0.717) is 6.04 Å². The van der Waals surface area contributed by atoms with E-state index in [2.05, 4.69) is 48.0 Å². The van der Waals surface area contributed by atoms with Gasteiger partial charge in [0.2, 0.25) is 0 Å². The van der Waals surface area contributed by atoms with E-state index < -0.39 is 0 Å². The van der Waals surface area contributed by atoms with Gasteiger partial charge in [-0.2, -0.15) is 0 Å². The Hall–Kier alpha value is -1.31. The fraction of sp³-hybridized carbons (Fsp3) is 0.417. The van der Waals surface area contributed by atoms with Crippen molar-refractivity contribution in [3.63, 3.8) is 0 Å². The standard InChI is InChI=1S/C12H16N2/c1-9(2)14-8-10-6-4-5-7-11(10)12(14)13-3/h4-7,9H,8H2,1-3H3. The summed E-state index contributed by atoms with van der Waals surface area (Å²) < 4.78 is 0. The summed E-state index contributed by atoms with van der Waals surface area (Å²) in [6.45, 7) is 5.41. The normalized spacial score (nSPS) is 18.0. The van der Waals surface area contributed by atoms with E-state index in [1.54, 1.807) is 0 Å². The molecule has 0 aromatic heterocycles. The van der Waals surface area contributed by atoms with E-state index in [1.165, 1.54) is 11.1 Å². The molecule has 0 fully saturated rings. The second-order valence-corrected chi connectivity index (χ2v) is 3.93. The highest BCUT2D eigenvalue weighted by molar-refractivity contribution is 6.02. The van der Waals surface area contributed by atoms with E-state index in [-0.39, 0.29) is 0 Å². The second kappa shape index (κ2) is 3.45. The van der Waals surface area contributed by atoms with Gasteiger partial charge >= 0.3 is 0 Å². The number of nitrogens with zero attached hydrogens (tertiary/aromatic N) is 2. The van der Waals surface area contributed by atoms with Crippen LogP contribution in [0, 0.1) is 0 Å². The average molecular weight is 188 g/mol. The number of aliphatic imine (C=N–C) groups is 1. The molecule has 0 saturated heterocycles. The quantitative estimate of drug-likeness (QED) is 0.660. The average Bonchev–Trinajstić information content (AvgIpc) is 2.56. The van der Waals surface area contributed by atoms with Gasteiger partial charge in [0.1, 0.15) is 5.84 Å². The zero-order valence-electron chi connectivity index (χ0n) is 8.99. The largest absolute Gasteiger partial charge is 0.350 e. The van der Waals surface area contributed by atoms with Crippen molar-refractivity contribution in [1.82, 2.24) is 4.90 Å². The van der Waals surface area contributed by atoms with Crippen molar-refractivity contribution in [3.05, 3.63) is 35.4 Å². The first-order valence-electron chi connectivity index (χ1n) is 5.05. The molecule has 1 aromatic carbocycles. The van der Waals surface area contributed by atoms with Crippen LogP contribution in [0.15, 0.2) is 29.3 Å². The molecule has 0 saturated carbocycles. The second-order valence-electron chi connectivity index (χ2n) is 3.93. The van der Waals surface area contributed by atoms with Crippen molar-refractivity contribution in [3.8, 4) is 0 Å². The summed E-state index contributed by atoms with van der Waals surface area (Å²) in [6, 6.07) is 9.02. The molecule has 14 heavy (non-hydrogen) atoms. The number of rotatable bonds is 1. The van der Waals surface area contributed by atoms with Gasteiger partial charge in [-0.25, -0.2) is 0 Å². The summed E-state index contributed by atoms with van der Waals surface area (Å²) in [6.07, 6.45) is 0. The van der Waals surface area contributed by atoms with Crippen LogP contribution in [-0.2, 0) is 6.54 Å². The third-order valence-corrected chi connectivity index (χ3v) is 2.71. The van der Waals surface area contributed by atoms with Gasteiger partial charge in [-0.1, -0.05) is 24.3 Å². The smallest absolute Gasteiger partial charge is 0.131 e. The molecule has 0 radical (unpaired) electrons. The van der Waals surface area contributed by atoms with Gasteiger partial charge in [0.05, 0.1) is 0 Å². The Bertz CT molecular complexity index is 366. The van der Waals surface area contributed by atoms with Gasteiger partial charge < -0.3 is 4.90 Å². The zero-order valence-corrected chi connectivity index (χ0v) is 8.99. The maximum Gasteiger partial charge on any atom is 0.131 e. The molecule has 1 heterocycles.